The van der Waals surface area contributed by atoms with Gasteiger partial charge in [0.1, 0.15) is 18.3 Å². The van der Waals surface area contributed by atoms with Crippen LogP contribution in [0.1, 0.15) is 33.6 Å². The van der Waals surface area contributed by atoms with E-state index in [1.807, 2.05) is 0 Å². The van der Waals surface area contributed by atoms with E-state index in [0.29, 0.717) is 6.42 Å². The van der Waals surface area contributed by atoms with Crippen molar-refractivity contribution in [3.8, 4) is 0 Å². The minimum absolute atomic E-state index is 0.178. The number of carbonyl (C=O) groups excluding carboxylic acids is 3. The summed E-state index contributed by atoms with van der Waals surface area (Å²) in [5.41, 5.74) is 0. The van der Waals surface area contributed by atoms with Crippen molar-refractivity contribution in [1.29, 1.82) is 0 Å². The van der Waals surface area contributed by atoms with Crippen LogP contribution in [0.25, 0.3) is 0 Å². The molecule has 0 amide bonds. The van der Waals surface area contributed by atoms with Gasteiger partial charge in [0.2, 0.25) is 0 Å². The van der Waals surface area contributed by atoms with Gasteiger partial charge in [0.15, 0.2) is 0 Å². The van der Waals surface area contributed by atoms with Crippen LogP contribution in [0.2, 0.25) is 0 Å². The molecule has 0 bridgehead atoms. The van der Waals surface area contributed by atoms with Crippen molar-refractivity contribution in [3.05, 3.63) is 12.2 Å². The molecule has 0 aromatic carbocycles. The Morgan fingerprint density at radius 1 is 1.29 bits per heavy atom. The van der Waals surface area contributed by atoms with Crippen LogP contribution in [0.15, 0.2) is 12.2 Å². The zero-order valence-electron chi connectivity index (χ0n) is 10.4. The van der Waals surface area contributed by atoms with E-state index in [1.165, 1.54) is 13.0 Å². The Morgan fingerprint density at radius 2 is 1.94 bits per heavy atom. The zero-order chi connectivity index (χ0) is 13.3. The SMILES string of the molecule is CC=CC(=O)OCCC(C)OC(=O)CC(C)=O. The molecule has 0 aromatic rings. The predicted octanol–water partition coefficient (Wildman–Crippen LogP) is 1.41. The molecule has 0 heterocycles. The van der Waals surface area contributed by atoms with Crippen molar-refractivity contribution < 1.29 is 23.9 Å². The summed E-state index contributed by atoms with van der Waals surface area (Å²) < 4.78 is 9.77. The normalized spacial score (nSPS) is 12.2. The van der Waals surface area contributed by atoms with Crippen LogP contribution in [0.5, 0.6) is 0 Å². The molecule has 1 unspecified atom stereocenters. The van der Waals surface area contributed by atoms with Crippen molar-refractivity contribution in [1.82, 2.24) is 0 Å². The summed E-state index contributed by atoms with van der Waals surface area (Å²) in [5.74, 6) is -1.21. The Labute approximate surface area is 101 Å². The van der Waals surface area contributed by atoms with E-state index in [4.69, 9.17) is 9.47 Å². The average molecular weight is 242 g/mol. The molecule has 0 aliphatic heterocycles. The molecule has 0 spiro atoms. The van der Waals surface area contributed by atoms with Crippen molar-refractivity contribution in [2.45, 2.75) is 39.7 Å². The average Bonchev–Trinajstić information content (AvgIpc) is 2.16. The number of carbonyl (C=O) groups is 3. The summed E-state index contributed by atoms with van der Waals surface area (Å²) in [4.78, 5) is 32.7. The van der Waals surface area contributed by atoms with E-state index in [2.05, 4.69) is 0 Å². The molecule has 0 aromatic heterocycles. The molecule has 0 aliphatic carbocycles. The fourth-order valence-corrected chi connectivity index (χ4v) is 1.04. The van der Waals surface area contributed by atoms with Crippen LogP contribution in [-0.2, 0) is 23.9 Å². The van der Waals surface area contributed by atoms with E-state index in [-0.39, 0.29) is 24.9 Å². The van der Waals surface area contributed by atoms with E-state index in [9.17, 15) is 14.4 Å². The molecule has 0 saturated carbocycles. The summed E-state index contributed by atoms with van der Waals surface area (Å²) in [6.07, 6.45) is 2.71. The second-order valence-corrected chi connectivity index (χ2v) is 3.64. The molecular formula is C12H18O5. The molecule has 1 atom stereocenters. The maximum Gasteiger partial charge on any atom is 0.330 e. The topological polar surface area (TPSA) is 69.7 Å². The minimum Gasteiger partial charge on any atom is -0.462 e. The summed E-state index contributed by atoms with van der Waals surface area (Å²) in [7, 11) is 0. The maximum atomic E-state index is 11.1. The number of rotatable bonds is 7. The predicted molar refractivity (Wildman–Crippen MR) is 61.2 cm³/mol. The quantitative estimate of drug-likeness (QED) is 0.383. The van der Waals surface area contributed by atoms with Crippen molar-refractivity contribution in [2.75, 3.05) is 6.61 Å². The molecule has 0 rings (SSSR count). The Kier molecular flexibility index (Phi) is 7.67. The molecule has 0 saturated heterocycles. The monoisotopic (exact) mass is 242 g/mol. The first-order valence-corrected chi connectivity index (χ1v) is 5.44. The van der Waals surface area contributed by atoms with Crippen molar-refractivity contribution >= 4 is 17.7 Å². The fourth-order valence-electron chi connectivity index (χ4n) is 1.04. The molecule has 5 nitrogen and oxygen atoms in total. The summed E-state index contributed by atoms with van der Waals surface area (Å²) in [6.45, 7) is 4.90. The highest BCUT2D eigenvalue weighted by Crippen LogP contribution is 2.01. The molecule has 0 fully saturated rings. The molecular weight excluding hydrogens is 224 g/mol. The molecule has 17 heavy (non-hydrogen) atoms. The second-order valence-electron chi connectivity index (χ2n) is 3.64. The Bertz CT molecular complexity index is 306. The summed E-state index contributed by atoms with van der Waals surface area (Å²) >= 11 is 0. The van der Waals surface area contributed by atoms with Gasteiger partial charge in [-0.2, -0.15) is 0 Å². The number of ether oxygens (including phenoxy) is 2. The standard InChI is InChI=1S/C12H18O5/c1-4-5-11(14)16-7-6-10(3)17-12(15)8-9(2)13/h4-5,10H,6-8H2,1-3H3. The third-order valence-electron chi connectivity index (χ3n) is 1.80. The fraction of sp³-hybridized carbons (Fsp3) is 0.583. The largest absolute Gasteiger partial charge is 0.462 e. The number of allylic oxidation sites excluding steroid dienone is 1. The summed E-state index contributed by atoms with van der Waals surface area (Å²) in [5, 5.41) is 0. The lowest BCUT2D eigenvalue weighted by Gasteiger charge is -2.12. The third kappa shape index (κ3) is 9.29. The van der Waals surface area contributed by atoms with Gasteiger partial charge < -0.3 is 9.47 Å². The molecule has 5 heteroatoms. The zero-order valence-corrected chi connectivity index (χ0v) is 10.4. The van der Waals surface area contributed by atoms with E-state index in [1.54, 1.807) is 19.9 Å². The first-order chi connectivity index (χ1) is 7.95. The number of Topliss-reactive ketones (excluding diaryl/α,β-unsaturated/α-hetero) is 1. The van der Waals surface area contributed by atoms with Gasteiger partial charge in [-0.1, -0.05) is 6.08 Å². The van der Waals surface area contributed by atoms with Gasteiger partial charge in [0.25, 0.3) is 0 Å². The highest BCUT2D eigenvalue weighted by Gasteiger charge is 2.11. The van der Waals surface area contributed by atoms with Crippen LogP contribution in [0.4, 0.5) is 0 Å². The second kappa shape index (κ2) is 8.50. The lowest BCUT2D eigenvalue weighted by atomic mass is 10.3. The van der Waals surface area contributed by atoms with Crippen LogP contribution in [0.3, 0.4) is 0 Å². The van der Waals surface area contributed by atoms with E-state index < -0.39 is 11.9 Å². The van der Waals surface area contributed by atoms with E-state index in [0.717, 1.165) is 0 Å². The van der Waals surface area contributed by atoms with Crippen molar-refractivity contribution in [3.63, 3.8) is 0 Å². The number of hydrogen-bond donors (Lipinski definition) is 0. The third-order valence-corrected chi connectivity index (χ3v) is 1.80. The van der Waals surface area contributed by atoms with Gasteiger partial charge in [0.05, 0.1) is 6.61 Å². The van der Waals surface area contributed by atoms with Crippen molar-refractivity contribution in [2.24, 2.45) is 0 Å². The first kappa shape index (κ1) is 15.3. The highest BCUT2D eigenvalue weighted by atomic mass is 16.6. The van der Waals surface area contributed by atoms with Gasteiger partial charge in [0, 0.05) is 12.5 Å². The van der Waals surface area contributed by atoms with Crippen LogP contribution >= 0.6 is 0 Å². The lowest BCUT2D eigenvalue weighted by molar-refractivity contribution is -0.150. The minimum atomic E-state index is -0.551. The number of hydrogen-bond acceptors (Lipinski definition) is 5. The molecule has 0 N–H and O–H groups in total. The molecule has 0 aliphatic rings. The molecule has 96 valence electrons. The summed E-state index contributed by atoms with van der Waals surface area (Å²) in [6, 6.07) is 0. The lowest BCUT2D eigenvalue weighted by Crippen LogP contribution is -2.19. The van der Waals surface area contributed by atoms with Gasteiger partial charge in [-0.15, -0.1) is 0 Å². The number of ketones is 1. The van der Waals surface area contributed by atoms with Gasteiger partial charge in [-0.25, -0.2) is 4.79 Å². The number of esters is 2. The smallest absolute Gasteiger partial charge is 0.330 e. The molecule has 0 radical (unpaired) electrons. The van der Waals surface area contributed by atoms with Crippen LogP contribution in [-0.4, -0.2) is 30.4 Å². The van der Waals surface area contributed by atoms with Gasteiger partial charge >= 0.3 is 11.9 Å². The van der Waals surface area contributed by atoms with Crippen LogP contribution < -0.4 is 0 Å². The van der Waals surface area contributed by atoms with Gasteiger partial charge in [-0.3, -0.25) is 9.59 Å². The highest BCUT2D eigenvalue weighted by molar-refractivity contribution is 5.94. The maximum absolute atomic E-state index is 11.1. The van der Waals surface area contributed by atoms with Gasteiger partial charge in [-0.05, 0) is 20.8 Å². The van der Waals surface area contributed by atoms with E-state index >= 15 is 0 Å². The Morgan fingerprint density at radius 3 is 2.47 bits per heavy atom. The first-order valence-electron chi connectivity index (χ1n) is 5.44. The Balaban J connectivity index is 3.72. The van der Waals surface area contributed by atoms with Crippen LogP contribution in [0, 0.1) is 0 Å². The Hall–Kier alpha value is -1.65.